The largest absolute Gasteiger partial charge is 0.399 e. The Bertz CT molecular complexity index is 544. The first-order chi connectivity index (χ1) is 7.78. The Balaban J connectivity index is 2.24. The van der Waals surface area contributed by atoms with E-state index in [0.717, 1.165) is 5.69 Å². The Labute approximate surface area is 92.6 Å². The fourth-order valence-corrected chi connectivity index (χ4v) is 1.23. The van der Waals surface area contributed by atoms with Gasteiger partial charge < -0.3 is 11.1 Å². The van der Waals surface area contributed by atoms with Crippen molar-refractivity contribution >= 4 is 17.3 Å². The standard InChI is InChI=1S/C11H9N5/c12-7-10-4-5-14-11(16-10)15-9-3-1-2-8(13)6-9/h1-6H,13H2,(H,14,15,16). The van der Waals surface area contributed by atoms with E-state index in [1.807, 2.05) is 18.2 Å². The van der Waals surface area contributed by atoms with Crippen molar-refractivity contribution in [2.45, 2.75) is 0 Å². The molecule has 0 bridgehead atoms. The lowest BCUT2D eigenvalue weighted by atomic mass is 10.3. The topological polar surface area (TPSA) is 87.6 Å². The molecule has 0 aliphatic heterocycles. The van der Waals surface area contributed by atoms with Crippen molar-refractivity contribution in [3.63, 3.8) is 0 Å². The lowest BCUT2D eigenvalue weighted by Gasteiger charge is -2.04. The maximum atomic E-state index is 8.68. The van der Waals surface area contributed by atoms with Gasteiger partial charge >= 0.3 is 0 Å². The predicted octanol–water partition coefficient (Wildman–Crippen LogP) is 1.67. The van der Waals surface area contributed by atoms with Crippen molar-refractivity contribution in [3.05, 3.63) is 42.2 Å². The van der Waals surface area contributed by atoms with Crippen LogP contribution in [-0.4, -0.2) is 9.97 Å². The van der Waals surface area contributed by atoms with Gasteiger partial charge in [0.1, 0.15) is 11.8 Å². The normalized spacial score (nSPS) is 9.44. The molecule has 0 spiro atoms. The van der Waals surface area contributed by atoms with E-state index in [1.165, 1.54) is 6.20 Å². The highest BCUT2D eigenvalue weighted by Gasteiger charge is 1.99. The lowest BCUT2D eigenvalue weighted by molar-refractivity contribution is 1.14. The number of benzene rings is 1. The molecular weight excluding hydrogens is 202 g/mol. The fraction of sp³-hybridized carbons (Fsp3) is 0. The molecule has 0 saturated carbocycles. The van der Waals surface area contributed by atoms with Crippen LogP contribution in [-0.2, 0) is 0 Å². The summed E-state index contributed by atoms with van der Waals surface area (Å²) in [4.78, 5) is 7.99. The van der Waals surface area contributed by atoms with Crippen LogP contribution in [0.3, 0.4) is 0 Å². The zero-order chi connectivity index (χ0) is 11.4. The Morgan fingerprint density at radius 3 is 2.94 bits per heavy atom. The van der Waals surface area contributed by atoms with E-state index in [9.17, 15) is 0 Å². The van der Waals surface area contributed by atoms with E-state index >= 15 is 0 Å². The van der Waals surface area contributed by atoms with Crippen molar-refractivity contribution in [2.24, 2.45) is 0 Å². The van der Waals surface area contributed by atoms with Gasteiger partial charge in [0, 0.05) is 17.6 Å². The highest BCUT2D eigenvalue weighted by molar-refractivity contribution is 5.59. The van der Waals surface area contributed by atoms with Gasteiger partial charge in [-0.3, -0.25) is 0 Å². The van der Waals surface area contributed by atoms with E-state index < -0.39 is 0 Å². The van der Waals surface area contributed by atoms with E-state index in [1.54, 1.807) is 18.2 Å². The monoisotopic (exact) mass is 211 g/mol. The van der Waals surface area contributed by atoms with Gasteiger partial charge in [0.15, 0.2) is 0 Å². The first-order valence-electron chi connectivity index (χ1n) is 4.63. The molecule has 1 aromatic heterocycles. The first kappa shape index (κ1) is 9.93. The fourth-order valence-electron chi connectivity index (χ4n) is 1.23. The molecule has 0 saturated heterocycles. The summed E-state index contributed by atoms with van der Waals surface area (Å²) in [6.07, 6.45) is 1.53. The van der Waals surface area contributed by atoms with Crippen LogP contribution in [0.5, 0.6) is 0 Å². The summed E-state index contributed by atoms with van der Waals surface area (Å²) < 4.78 is 0. The van der Waals surface area contributed by atoms with Crippen LogP contribution in [0.2, 0.25) is 0 Å². The molecule has 1 heterocycles. The third-order valence-corrected chi connectivity index (χ3v) is 1.91. The number of anilines is 3. The van der Waals surface area contributed by atoms with Crippen molar-refractivity contribution in [1.82, 2.24) is 9.97 Å². The summed E-state index contributed by atoms with van der Waals surface area (Å²) in [5, 5.41) is 11.7. The summed E-state index contributed by atoms with van der Waals surface area (Å²) in [6, 6.07) is 10.7. The van der Waals surface area contributed by atoms with Crippen LogP contribution in [0.25, 0.3) is 0 Å². The second-order valence-corrected chi connectivity index (χ2v) is 3.13. The average Bonchev–Trinajstić information content (AvgIpc) is 2.29. The lowest BCUT2D eigenvalue weighted by Crippen LogP contribution is -1.98. The number of aromatic nitrogens is 2. The van der Waals surface area contributed by atoms with Crippen molar-refractivity contribution in [1.29, 1.82) is 5.26 Å². The maximum Gasteiger partial charge on any atom is 0.228 e. The van der Waals surface area contributed by atoms with Gasteiger partial charge in [-0.15, -0.1) is 0 Å². The quantitative estimate of drug-likeness (QED) is 0.738. The zero-order valence-electron chi connectivity index (χ0n) is 8.38. The molecule has 2 aromatic rings. The van der Waals surface area contributed by atoms with E-state index in [-0.39, 0.29) is 0 Å². The summed E-state index contributed by atoms with van der Waals surface area (Å²) in [6.45, 7) is 0. The van der Waals surface area contributed by atoms with Crippen LogP contribution in [0.1, 0.15) is 5.69 Å². The summed E-state index contributed by atoms with van der Waals surface area (Å²) >= 11 is 0. The summed E-state index contributed by atoms with van der Waals surface area (Å²) in [5.41, 5.74) is 7.40. The molecule has 0 amide bonds. The van der Waals surface area contributed by atoms with Gasteiger partial charge in [0.25, 0.3) is 0 Å². The number of nitriles is 1. The Hall–Kier alpha value is -2.61. The second-order valence-electron chi connectivity index (χ2n) is 3.13. The van der Waals surface area contributed by atoms with Gasteiger partial charge in [-0.05, 0) is 24.3 Å². The van der Waals surface area contributed by atoms with E-state index in [2.05, 4.69) is 15.3 Å². The van der Waals surface area contributed by atoms with Crippen LogP contribution in [0, 0.1) is 11.3 Å². The van der Waals surface area contributed by atoms with E-state index in [4.69, 9.17) is 11.0 Å². The third-order valence-electron chi connectivity index (χ3n) is 1.91. The summed E-state index contributed by atoms with van der Waals surface area (Å²) in [5.74, 6) is 0.379. The summed E-state index contributed by atoms with van der Waals surface area (Å²) in [7, 11) is 0. The molecule has 0 aliphatic rings. The Morgan fingerprint density at radius 2 is 2.19 bits per heavy atom. The first-order valence-corrected chi connectivity index (χ1v) is 4.63. The number of nitrogens with one attached hydrogen (secondary N) is 1. The number of nitrogens with two attached hydrogens (primary N) is 1. The van der Waals surface area contributed by atoms with E-state index in [0.29, 0.717) is 17.3 Å². The predicted molar refractivity (Wildman–Crippen MR) is 60.9 cm³/mol. The SMILES string of the molecule is N#Cc1ccnc(Nc2cccc(N)c2)n1. The minimum atomic E-state index is 0.321. The molecule has 0 fully saturated rings. The number of hydrogen-bond donors (Lipinski definition) is 2. The average molecular weight is 211 g/mol. The molecule has 78 valence electrons. The highest BCUT2D eigenvalue weighted by Crippen LogP contribution is 2.15. The van der Waals surface area contributed by atoms with Crippen LogP contribution < -0.4 is 11.1 Å². The molecular formula is C11H9N5. The molecule has 0 radical (unpaired) electrons. The smallest absolute Gasteiger partial charge is 0.228 e. The Kier molecular flexibility index (Phi) is 2.65. The van der Waals surface area contributed by atoms with Crippen LogP contribution >= 0.6 is 0 Å². The zero-order valence-corrected chi connectivity index (χ0v) is 8.38. The molecule has 0 unspecified atom stereocenters. The molecule has 5 heteroatoms. The number of hydrogen-bond acceptors (Lipinski definition) is 5. The van der Waals surface area contributed by atoms with Crippen LogP contribution in [0.4, 0.5) is 17.3 Å². The Morgan fingerprint density at radius 1 is 1.31 bits per heavy atom. The molecule has 0 aliphatic carbocycles. The number of rotatable bonds is 2. The molecule has 1 aromatic carbocycles. The van der Waals surface area contributed by atoms with Crippen molar-refractivity contribution in [3.8, 4) is 6.07 Å². The van der Waals surface area contributed by atoms with Crippen LogP contribution in [0.15, 0.2) is 36.5 Å². The molecule has 3 N–H and O–H groups in total. The van der Waals surface area contributed by atoms with Gasteiger partial charge in [-0.2, -0.15) is 5.26 Å². The molecule has 16 heavy (non-hydrogen) atoms. The maximum absolute atomic E-state index is 8.68. The van der Waals surface area contributed by atoms with Gasteiger partial charge in [-0.25, -0.2) is 9.97 Å². The highest BCUT2D eigenvalue weighted by atomic mass is 15.1. The van der Waals surface area contributed by atoms with Gasteiger partial charge in [0.05, 0.1) is 0 Å². The second kappa shape index (κ2) is 4.28. The van der Waals surface area contributed by atoms with Gasteiger partial charge in [-0.1, -0.05) is 6.07 Å². The molecule has 2 rings (SSSR count). The number of nitrogens with zero attached hydrogens (tertiary/aromatic N) is 3. The molecule has 0 atom stereocenters. The minimum Gasteiger partial charge on any atom is -0.399 e. The van der Waals surface area contributed by atoms with Crippen molar-refractivity contribution < 1.29 is 0 Å². The minimum absolute atomic E-state index is 0.321. The van der Waals surface area contributed by atoms with Crippen molar-refractivity contribution in [2.75, 3.05) is 11.1 Å². The number of nitrogen functional groups attached to an aromatic ring is 1. The molecule has 5 nitrogen and oxygen atoms in total. The van der Waals surface area contributed by atoms with Gasteiger partial charge in [0.2, 0.25) is 5.95 Å². The third kappa shape index (κ3) is 2.25.